The summed E-state index contributed by atoms with van der Waals surface area (Å²) in [5.74, 6) is -2.93. The van der Waals surface area contributed by atoms with E-state index in [1.807, 2.05) is 0 Å². The molecular formula is C22H17F3O2. The van der Waals surface area contributed by atoms with Crippen molar-refractivity contribution >= 4 is 0 Å². The van der Waals surface area contributed by atoms with E-state index >= 15 is 0 Å². The predicted molar refractivity (Wildman–Crippen MR) is 98.8 cm³/mol. The number of aliphatic hydroxyl groups excluding tert-OH is 1. The van der Waals surface area contributed by atoms with Crippen LogP contribution in [0.3, 0.4) is 0 Å². The average molecular weight is 370 g/mol. The van der Waals surface area contributed by atoms with Gasteiger partial charge in [0.15, 0.2) is 17.4 Å². The fourth-order valence-electron chi connectivity index (χ4n) is 2.73. The Labute approximate surface area is 155 Å². The van der Waals surface area contributed by atoms with E-state index in [1.54, 1.807) is 30.3 Å². The molecule has 0 aliphatic heterocycles. The smallest absolute Gasteiger partial charge is 0.191 e. The van der Waals surface area contributed by atoms with E-state index < -0.39 is 23.2 Å². The quantitative estimate of drug-likeness (QED) is 0.581. The molecule has 0 fully saturated rings. The fourth-order valence-corrected chi connectivity index (χ4v) is 2.73. The van der Waals surface area contributed by atoms with Gasteiger partial charge in [0.05, 0.1) is 6.61 Å². The third-order valence-electron chi connectivity index (χ3n) is 4.09. The number of rotatable bonds is 6. The summed E-state index contributed by atoms with van der Waals surface area (Å²) in [5, 5.41) is 9.08. The van der Waals surface area contributed by atoms with Crippen molar-refractivity contribution in [2.75, 3.05) is 6.61 Å². The van der Waals surface area contributed by atoms with E-state index in [1.165, 1.54) is 18.2 Å². The highest BCUT2D eigenvalue weighted by molar-refractivity contribution is 5.71. The molecule has 0 radical (unpaired) electrons. The molecule has 2 nitrogen and oxygen atoms in total. The molecule has 3 rings (SSSR count). The van der Waals surface area contributed by atoms with Crippen molar-refractivity contribution in [2.45, 2.75) is 6.61 Å². The molecule has 0 amide bonds. The largest absolute Gasteiger partial charge is 0.483 e. The molecule has 0 unspecified atom stereocenters. The second-order valence-corrected chi connectivity index (χ2v) is 5.92. The van der Waals surface area contributed by atoms with Gasteiger partial charge in [-0.05, 0) is 40.5 Å². The minimum Gasteiger partial charge on any atom is -0.483 e. The summed E-state index contributed by atoms with van der Waals surface area (Å²) in [5.41, 5.74) is 2.30. The lowest BCUT2D eigenvalue weighted by Gasteiger charge is -2.11. The normalized spacial score (nSPS) is 10.7. The Morgan fingerprint density at radius 2 is 1.41 bits per heavy atom. The maximum atomic E-state index is 14.6. The van der Waals surface area contributed by atoms with Gasteiger partial charge in [0, 0.05) is 5.56 Å². The third-order valence-corrected chi connectivity index (χ3v) is 4.09. The lowest BCUT2D eigenvalue weighted by Crippen LogP contribution is -1.99. The van der Waals surface area contributed by atoms with E-state index in [4.69, 9.17) is 9.84 Å². The summed E-state index contributed by atoms with van der Waals surface area (Å²) in [6.07, 6.45) is 1.37. The number of hydrogen-bond donors (Lipinski definition) is 1. The van der Waals surface area contributed by atoms with Crippen LogP contribution in [0.15, 0.2) is 67.3 Å². The van der Waals surface area contributed by atoms with Gasteiger partial charge in [0.1, 0.15) is 12.4 Å². The Balaban J connectivity index is 1.94. The number of benzene rings is 3. The summed E-state index contributed by atoms with van der Waals surface area (Å²) in [7, 11) is 0. The Morgan fingerprint density at radius 3 is 1.96 bits per heavy atom. The van der Waals surface area contributed by atoms with Crippen LogP contribution in [0.25, 0.3) is 22.3 Å². The molecular weight excluding hydrogens is 353 g/mol. The van der Waals surface area contributed by atoms with Crippen LogP contribution in [0.1, 0.15) is 5.56 Å². The summed E-state index contributed by atoms with van der Waals surface area (Å²) in [4.78, 5) is 0. The standard InChI is InChI=1S/C22H17F3O2/c1-2-9-27-22-20(24)11-17(12-21(22)25)18-8-7-16(10-19(18)23)15-5-3-14(13-26)4-6-15/h2-8,10-12,26H,1,9,13H2. The predicted octanol–water partition coefficient (Wildman–Crippen LogP) is 5.50. The first-order valence-corrected chi connectivity index (χ1v) is 8.26. The summed E-state index contributed by atoms with van der Waals surface area (Å²) < 4.78 is 47.8. The molecule has 0 saturated carbocycles. The molecule has 0 atom stereocenters. The van der Waals surface area contributed by atoms with Crippen LogP contribution in [0, 0.1) is 17.5 Å². The fraction of sp³-hybridized carbons (Fsp3) is 0.0909. The van der Waals surface area contributed by atoms with Gasteiger partial charge in [-0.15, -0.1) is 0 Å². The van der Waals surface area contributed by atoms with Crippen LogP contribution >= 0.6 is 0 Å². The van der Waals surface area contributed by atoms with Crippen LogP contribution in [0.5, 0.6) is 5.75 Å². The minimum absolute atomic E-state index is 0.0364. The van der Waals surface area contributed by atoms with Crippen LogP contribution in [-0.2, 0) is 6.61 Å². The zero-order chi connectivity index (χ0) is 19.4. The molecule has 0 spiro atoms. The van der Waals surface area contributed by atoms with Crippen molar-refractivity contribution in [3.8, 4) is 28.0 Å². The van der Waals surface area contributed by atoms with Gasteiger partial charge in [-0.1, -0.05) is 49.1 Å². The van der Waals surface area contributed by atoms with E-state index in [2.05, 4.69) is 6.58 Å². The number of aliphatic hydroxyl groups is 1. The monoisotopic (exact) mass is 370 g/mol. The lowest BCUT2D eigenvalue weighted by atomic mass is 9.98. The number of hydrogen-bond acceptors (Lipinski definition) is 2. The van der Waals surface area contributed by atoms with Crippen molar-refractivity contribution in [1.82, 2.24) is 0 Å². The zero-order valence-electron chi connectivity index (χ0n) is 14.4. The SMILES string of the molecule is C=CCOc1c(F)cc(-c2ccc(-c3ccc(CO)cc3)cc2F)cc1F. The first kappa shape index (κ1) is 18.7. The third kappa shape index (κ3) is 4.04. The van der Waals surface area contributed by atoms with Crippen LogP contribution in [0.2, 0.25) is 0 Å². The van der Waals surface area contributed by atoms with Crippen LogP contribution < -0.4 is 4.74 Å². The zero-order valence-corrected chi connectivity index (χ0v) is 14.4. The molecule has 0 heterocycles. The number of ether oxygens (including phenoxy) is 1. The topological polar surface area (TPSA) is 29.5 Å². The first-order chi connectivity index (χ1) is 13.0. The highest BCUT2D eigenvalue weighted by atomic mass is 19.1. The minimum atomic E-state index is -0.907. The van der Waals surface area contributed by atoms with E-state index in [0.29, 0.717) is 5.56 Å². The Hall–Kier alpha value is -3.05. The molecule has 5 heteroatoms. The van der Waals surface area contributed by atoms with Crippen molar-refractivity contribution < 1.29 is 23.0 Å². The maximum Gasteiger partial charge on any atom is 0.191 e. The molecule has 138 valence electrons. The van der Waals surface area contributed by atoms with Gasteiger partial charge in [0.25, 0.3) is 0 Å². The molecule has 0 saturated heterocycles. The second kappa shape index (κ2) is 8.10. The summed E-state index contributed by atoms with van der Waals surface area (Å²) in [6.45, 7) is 3.31. The highest BCUT2D eigenvalue weighted by Gasteiger charge is 2.16. The van der Waals surface area contributed by atoms with E-state index in [0.717, 1.165) is 23.3 Å². The lowest BCUT2D eigenvalue weighted by molar-refractivity contribution is 0.282. The Bertz CT molecular complexity index is 943. The highest BCUT2D eigenvalue weighted by Crippen LogP contribution is 2.32. The van der Waals surface area contributed by atoms with Gasteiger partial charge in [-0.2, -0.15) is 0 Å². The summed E-state index contributed by atoms with van der Waals surface area (Å²) >= 11 is 0. The van der Waals surface area contributed by atoms with E-state index in [-0.39, 0.29) is 24.3 Å². The average Bonchev–Trinajstić information content (AvgIpc) is 2.67. The van der Waals surface area contributed by atoms with Crippen molar-refractivity contribution in [1.29, 1.82) is 0 Å². The molecule has 1 N–H and O–H groups in total. The van der Waals surface area contributed by atoms with Crippen LogP contribution in [0.4, 0.5) is 13.2 Å². The summed E-state index contributed by atoms with van der Waals surface area (Å²) in [6, 6.07) is 13.6. The molecule has 0 aliphatic rings. The van der Waals surface area contributed by atoms with Gasteiger partial charge in [-0.3, -0.25) is 0 Å². The maximum absolute atomic E-state index is 14.6. The van der Waals surface area contributed by atoms with Crippen molar-refractivity contribution in [3.05, 3.63) is 90.3 Å². The second-order valence-electron chi connectivity index (χ2n) is 5.92. The van der Waals surface area contributed by atoms with Crippen LogP contribution in [-0.4, -0.2) is 11.7 Å². The molecule has 27 heavy (non-hydrogen) atoms. The molecule has 0 aromatic heterocycles. The molecule has 3 aromatic rings. The Kier molecular flexibility index (Phi) is 5.62. The number of halogens is 3. The molecule has 0 bridgehead atoms. The van der Waals surface area contributed by atoms with Crippen molar-refractivity contribution in [3.63, 3.8) is 0 Å². The first-order valence-electron chi connectivity index (χ1n) is 8.26. The van der Waals surface area contributed by atoms with Gasteiger partial charge in [-0.25, -0.2) is 13.2 Å². The molecule has 0 aliphatic carbocycles. The van der Waals surface area contributed by atoms with Gasteiger partial charge < -0.3 is 9.84 Å². The van der Waals surface area contributed by atoms with Gasteiger partial charge >= 0.3 is 0 Å². The van der Waals surface area contributed by atoms with Crippen molar-refractivity contribution in [2.24, 2.45) is 0 Å². The Morgan fingerprint density at radius 1 is 0.815 bits per heavy atom. The molecule has 3 aromatic carbocycles. The van der Waals surface area contributed by atoms with Gasteiger partial charge in [0.2, 0.25) is 0 Å². The van der Waals surface area contributed by atoms with E-state index in [9.17, 15) is 13.2 Å².